The Kier molecular flexibility index (Phi) is 6.39. The smallest absolute Gasteiger partial charge is 0.475 e. The minimum atomic E-state index is -5.08. The second-order valence-corrected chi connectivity index (χ2v) is 3.46. The maximum atomic E-state index is 10.6. The molecule has 0 unspecified atom stereocenters. The second kappa shape index (κ2) is 6.74. The summed E-state index contributed by atoms with van der Waals surface area (Å²) in [5, 5.41) is 36.9. The van der Waals surface area contributed by atoms with Crippen LogP contribution in [-0.2, 0) is 4.79 Å². The van der Waals surface area contributed by atoms with Gasteiger partial charge in [0.15, 0.2) is 0 Å². The van der Waals surface area contributed by atoms with Crippen LogP contribution in [0.5, 0.6) is 0 Å². The number of nitrogens with one attached hydrogen (secondary N) is 1. The molecule has 3 atom stereocenters. The van der Waals surface area contributed by atoms with Crippen molar-refractivity contribution in [1.29, 1.82) is 0 Å². The fourth-order valence-corrected chi connectivity index (χ4v) is 1.14. The predicted molar refractivity (Wildman–Crippen MR) is 49.1 cm³/mol. The third-order valence-electron chi connectivity index (χ3n) is 2.11. The molecule has 1 saturated heterocycles. The molecule has 1 aliphatic rings. The first-order chi connectivity index (χ1) is 7.70. The number of alkyl halides is 3. The van der Waals surface area contributed by atoms with Crippen molar-refractivity contribution in [3.8, 4) is 0 Å². The molecule has 0 spiro atoms. The molecule has 1 rings (SSSR count). The van der Waals surface area contributed by atoms with Gasteiger partial charge in [-0.1, -0.05) is 0 Å². The molecular weight excluding hydrogens is 247 g/mol. The van der Waals surface area contributed by atoms with Gasteiger partial charge in [-0.3, -0.25) is 0 Å². The van der Waals surface area contributed by atoms with E-state index in [9.17, 15) is 18.3 Å². The van der Waals surface area contributed by atoms with Crippen molar-refractivity contribution in [3.05, 3.63) is 0 Å². The average Bonchev–Trinajstić information content (AvgIpc) is 2.21. The van der Waals surface area contributed by atoms with Crippen LogP contribution in [-0.4, -0.2) is 64.5 Å². The monoisotopic (exact) mass is 261 g/mol. The van der Waals surface area contributed by atoms with Gasteiger partial charge in [-0.05, 0) is 0 Å². The van der Waals surface area contributed by atoms with E-state index in [-0.39, 0.29) is 12.5 Å². The standard InChI is InChI=1S/C6H13NO3.C2HF3O2/c8-3-4-1-7-2-5(9)6(4)10;3-2(4,5)1(6)7/h4-10H,1-3H2;(H,6,7)/t4-,5-,6-;/m1./s1. The molecule has 0 aromatic heterocycles. The van der Waals surface area contributed by atoms with Crippen molar-refractivity contribution in [2.75, 3.05) is 19.7 Å². The van der Waals surface area contributed by atoms with Crippen LogP contribution < -0.4 is 5.32 Å². The SMILES string of the molecule is O=C(O)C(F)(F)F.OC[C@H]1CNC[C@@H](O)[C@@H]1O. The normalized spacial score (nSPS) is 29.2. The molecule has 0 amide bonds. The van der Waals surface area contributed by atoms with Gasteiger partial charge in [0.1, 0.15) is 0 Å². The molecule has 17 heavy (non-hydrogen) atoms. The lowest BCUT2D eigenvalue weighted by Gasteiger charge is -2.30. The zero-order valence-electron chi connectivity index (χ0n) is 8.68. The number of aliphatic carboxylic acids is 1. The molecule has 0 radical (unpaired) electrons. The Labute approximate surface area is 94.7 Å². The van der Waals surface area contributed by atoms with Crippen molar-refractivity contribution in [1.82, 2.24) is 5.32 Å². The van der Waals surface area contributed by atoms with Crippen molar-refractivity contribution in [3.63, 3.8) is 0 Å². The van der Waals surface area contributed by atoms with E-state index in [1.807, 2.05) is 0 Å². The Balaban J connectivity index is 0.000000325. The number of carbonyl (C=O) groups is 1. The molecule has 0 aliphatic carbocycles. The van der Waals surface area contributed by atoms with E-state index in [2.05, 4.69) is 5.32 Å². The van der Waals surface area contributed by atoms with Gasteiger partial charge in [0.2, 0.25) is 0 Å². The summed E-state index contributed by atoms with van der Waals surface area (Å²) >= 11 is 0. The van der Waals surface area contributed by atoms with E-state index in [0.717, 1.165) is 0 Å². The number of piperidine rings is 1. The average molecular weight is 261 g/mol. The second-order valence-electron chi connectivity index (χ2n) is 3.46. The topological polar surface area (TPSA) is 110 Å². The first-order valence-electron chi connectivity index (χ1n) is 4.68. The zero-order chi connectivity index (χ0) is 13.6. The van der Waals surface area contributed by atoms with Crippen molar-refractivity contribution < 1.29 is 38.4 Å². The fourth-order valence-electron chi connectivity index (χ4n) is 1.14. The first-order valence-corrected chi connectivity index (χ1v) is 4.68. The zero-order valence-corrected chi connectivity index (χ0v) is 8.68. The van der Waals surface area contributed by atoms with Crippen LogP contribution in [0.2, 0.25) is 0 Å². The largest absolute Gasteiger partial charge is 0.490 e. The number of aliphatic hydroxyl groups excluding tert-OH is 3. The molecule has 0 aromatic rings. The van der Waals surface area contributed by atoms with Crippen LogP contribution in [0, 0.1) is 5.92 Å². The number of carboxylic acid groups (broad SMARTS) is 1. The third kappa shape index (κ3) is 5.82. The van der Waals surface area contributed by atoms with E-state index in [1.165, 1.54) is 0 Å². The molecule has 5 N–H and O–H groups in total. The molecular formula is C8H14F3NO5. The summed E-state index contributed by atoms with van der Waals surface area (Å²) in [4.78, 5) is 8.90. The highest BCUT2D eigenvalue weighted by Gasteiger charge is 2.38. The maximum absolute atomic E-state index is 10.6. The van der Waals surface area contributed by atoms with E-state index in [0.29, 0.717) is 13.1 Å². The van der Waals surface area contributed by atoms with Gasteiger partial charge >= 0.3 is 12.1 Å². The van der Waals surface area contributed by atoms with Crippen LogP contribution >= 0.6 is 0 Å². The molecule has 0 saturated carbocycles. The Morgan fingerprint density at radius 3 is 2.06 bits per heavy atom. The Morgan fingerprint density at radius 2 is 1.76 bits per heavy atom. The number of rotatable bonds is 1. The lowest BCUT2D eigenvalue weighted by Crippen LogP contribution is -2.51. The molecule has 6 nitrogen and oxygen atoms in total. The lowest BCUT2D eigenvalue weighted by atomic mass is 9.95. The molecule has 1 heterocycles. The van der Waals surface area contributed by atoms with Gasteiger partial charge in [0, 0.05) is 25.6 Å². The molecule has 1 aliphatic heterocycles. The third-order valence-corrected chi connectivity index (χ3v) is 2.11. The highest BCUT2D eigenvalue weighted by atomic mass is 19.4. The van der Waals surface area contributed by atoms with Crippen LogP contribution in [0.3, 0.4) is 0 Å². The van der Waals surface area contributed by atoms with Crippen molar-refractivity contribution >= 4 is 5.97 Å². The van der Waals surface area contributed by atoms with E-state index < -0.39 is 24.4 Å². The molecule has 9 heteroatoms. The number of carboxylic acids is 1. The highest BCUT2D eigenvalue weighted by molar-refractivity contribution is 5.73. The van der Waals surface area contributed by atoms with E-state index in [1.54, 1.807) is 0 Å². The van der Waals surface area contributed by atoms with Gasteiger partial charge in [-0.25, -0.2) is 4.79 Å². The van der Waals surface area contributed by atoms with Crippen molar-refractivity contribution in [2.24, 2.45) is 5.92 Å². The Bertz CT molecular complexity index is 248. The minimum absolute atomic E-state index is 0.0781. The predicted octanol–water partition coefficient (Wildman–Crippen LogP) is -1.45. The summed E-state index contributed by atoms with van der Waals surface area (Å²) in [5.41, 5.74) is 0. The Morgan fingerprint density at radius 1 is 1.29 bits per heavy atom. The van der Waals surface area contributed by atoms with Gasteiger partial charge < -0.3 is 25.7 Å². The summed E-state index contributed by atoms with van der Waals surface area (Å²) in [6.07, 6.45) is -6.59. The van der Waals surface area contributed by atoms with Gasteiger partial charge in [0.25, 0.3) is 0 Å². The number of β-amino-alcohol motifs (C(OH)–C–C–N with tert-alkyl or cyclic N) is 1. The molecule has 102 valence electrons. The summed E-state index contributed by atoms with van der Waals surface area (Å²) in [6, 6.07) is 0. The number of aliphatic hydroxyl groups is 3. The van der Waals surface area contributed by atoms with Crippen LogP contribution in [0.15, 0.2) is 0 Å². The summed E-state index contributed by atoms with van der Waals surface area (Å²) in [5.74, 6) is -2.98. The van der Waals surface area contributed by atoms with Crippen LogP contribution in [0.25, 0.3) is 0 Å². The van der Waals surface area contributed by atoms with Gasteiger partial charge in [-0.2, -0.15) is 13.2 Å². The van der Waals surface area contributed by atoms with Crippen molar-refractivity contribution in [2.45, 2.75) is 18.4 Å². The summed E-state index contributed by atoms with van der Waals surface area (Å²) in [6.45, 7) is 0.914. The maximum Gasteiger partial charge on any atom is 0.490 e. The molecule has 0 aromatic carbocycles. The Hall–Kier alpha value is -0.900. The van der Waals surface area contributed by atoms with Gasteiger partial charge in [-0.15, -0.1) is 0 Å². The highest BCUT2D eigenvalue weighted by Crippen LogP contribution is 2.13. The van der Waals surface area contributed by atoms with E-state index in [4.69, 9.17) is 20.1 Å². The number of hydrogen-bond donors (Lipinski definition) is 5. The fraction of sp³-hybridized carbons (Fsp3) is 0.875. The quantitative estimate of drug-likeness (QED) is 0.395. The summed E-state index contributed by atoms with van der Waals surface area (Å²) < 4.78 is 31.7. The van der Waals surface area contributed by atoms with Crippen LogP contribution in [0.1, 0.15) is 0 Å². The minimum Gasteiger partial charge on any atom is -0.475 e. The van der Waals surface area contributed by atoms with Gasteiger partial charge in [0.05, 0.1) is 12.2 Å². The molecule has 1 fully saturated rings. The molecule has 0 bridgehead atoms. The number of hydrogen-bond acceptors (Lipinski definition) is 5. The summed E-state index contributed by atoms with van der Waals surface area (Å²) in [7, 11) is 0. The number of halogens is 3. The first kappa shape index (κ1) is 16.1. The van der Waals surface area contributed by atoms with Crippen LogP contribution in [0.4, 0.5) is 13.2 Å². The lowest BCUT2D eigenvalue weighted by molar-refractivity contribution is -0.192. The van der Waals surface area contributed by atoms with E-state index >= 15 is 0 Å².